The Morgan fingerprint density at radius 2 is 2.00 bits per heavy atom. The Morgan fingerprint density at radius 1 is 1.58 bits per heavy atom. The second-order valence-corrected chi connectivity index (χ2v) is 5.26. The first-order valence-electron chi connectivity index (χ1n) is 3.83. The molecular weight excluding hydrogens is 199 g/mol. The number of alkyl halides is 2. The van der Waals surface area contributed by atoms with Crippen LogP contribution in [0.4, 0.5) is 0 Å². The van der Waals surface area contributed by atoms with E-state index in [1.165, 1.54) is 6.92 Å². The van der Waals surface area contributed by atoms with E-state index < -0.39 is 9.93 Å². The van der Waals surface area contributed by atoms with E-state index in [2.05, 4.69) is 0 Å². The molecule has 0 bridgehead atoms. The fourth-order valence-corrected chi connectivity index (χ4v) is 2.24. The quantitative estimate of drug-likeness (QED) is 0.518. The third kappa shape index (κ3) is 2.05. The highest BCUT2D eigenvalue weighted by atomic mass is 35.5. The van der Waals surface area contributed by atoms with Crippen LogP contribution in [0.1, 0.15) is 27.2 Å². The Hall–Kier alpha value is 0.0500. The van der Waals surface area contributed by atoms with Gasteiger partial charge in [-0.15, -0.1) is 23.2 Å². The molecule has 1 aliphatic carbocycles. The van der Waals surface area contributed by atoms with E-state index in [0.29, 0.717) is 6.42 Å². The maximum atomic E-state index is 10.7. The minimum absolute atomic E-state index is 0.0530. The lowest BCUT2D eigenvalue weighted by Crippen LogP contribution is -2.31. The summed E-state index contributed by atoms with van der Waals surface area (Å²) in [6.45, 7) is 5.03. The van der Waals surface area contributed by atoms with Crippen molar-refractivity contribution in [1.29, 1.82) is 0 Å². The van der Waals surface area contributed by atoms with Crippen LogP contribution < -0.4 is 0 Å². The summed E-state index contributed by atoms with van der Waals surface area (Å²) >= 11 is 11.7. The normalized spacial score (nSPS) is 26.6. The van der Waals surface area contributed by atoms with E-state index in [-0.39, 0.29) is 11.9 Å². The van der Waals surface area contributed by atoms with Crippen LogP contribution in [0.25, 0.3) is 0 Å². The van der Waals surface area contributed by atoms with Crippen LogP contribution in [0.2, 0.25) is 0 Å². The third-order valence-corrected chi connectivity index (χ3v) is 2.91. The van der Waals surface area contributed by atoms with Crippen molar-refractivity contribution in [2.24, 2.45) is 5.92 Å². The molecule has 70 valence electrons. The molecular formula is C8H12Cl2O2. The second kappa shape index (κ2) is 2.78. The van der Waals surface area contributed by atoms with Crippen LogP contribution in [-0.4, -0.2) is 15.9 Å². The number of halogens is 2. The first-order valence-corrected chi connectivity index (χ1v) is 4.59. The molecule has 1 fully saturated rings. The molecule has 0 heterocycles. The number of carbonyl (C=O) groups is 1. The first-order chi connectivity index (χ1) is 5.26. The third-order valence-electron chi connectivity index (χ3n) is 2.07. The number of hydrogen-bond donors (Lipinski definition) is 0. The highest BCUT2D eigenvalue weighted by Crippen LogP contribution is 2.59. The van der Waals surface area contributed by atoms with E-state index in [1.54, 1.807) is 0 Å². The van der Waals surface area contributed by atoms with Gasteiger partial charge in [0.05, 0.1) is 0 Å². The zero-order valence-corrected chi connectivity index (χ0v) is 8.87. The van der Waals surface area contributed by atoms with Gasteiger partial charge in [0.2, 0.25) is 0 Å². The average molecular weight is 211 g/mol. The Labute approximate surface area is 82.2 Å². The molecule has 2 nitrogen and oxygen atoms in total. The molecule has 0 spiro atoms. The Bertz CT molecular complexity index is 211. The van der Waals surface area contributed by atoms with Crippen molar-refractivity contribution < 1.29 is 9.53 Å². The van der Waals surface area contributed by atoms with Crippen molar-refractivity contribution in [3.8, 4) is 0 Å². The fraction of sp³-hybridized carbons (Fsp3) is 0.875. The van der Waals surface area contributed by atoms with E-state index >= 15 is 0 Å². The molecule has 4 heteroatoms. The van der Waals surface area contributed by atoms with Crippen molar-refractivity contribution in [3.05, 3.63) is 0 Å². The lowest BCUT2D eigenvalue weighted by atomic mass is 10.0. The largest absolute Gasteiger partial charge is 0.459 e. The number of esters is 1. The number of rotatable bonds is 2. The summed E-state index contributed by atoms with van der Waals surface area (Å²) in [7, 11) is 0. The molecule has 1 saturated carbocycles. The van der Waals surface area contributed by atoms with Gasteiger partial charge in [0, 0.05) is 12.8 Å². The minimum Gasteiger partial charge on any atom is -0.459 e. The van der Waals surface area contributed by atoms with Gasteiger partial charge in [0.25, 0.3) is 0 Å². The van der Waals surface area contributed by atoms with Gasteiger partial charge >= 0.3 is 5.97 Å². The smallest absolute Gasteiger partial charge is 0.303 e. The molecule has 0 saturated heterocycles. The molecule has 1 atom stereocenters. The van der Waals surface area contributed by atoms with Crippen LogP contribution in [0.5, 0.6) is 0 Å². The predicted molar refractivity (Wildman–Crippen MR) is 48.4 cm³/mol. The summed E-state index contributed by atoms with van der Waals surface area (Å²) in [5.41, 5.74) is -0.546. The van der Waals surface area contributed by atoms with Gasteiger partial charge in [-0.1, -0.05) is 0 Å². The molecule has 0 aliphatic heterocycles. The lowest BCUT2D eigenvalue weighted by molar-refractivity contribution is -0.155. The highest BCUT2D eigenvalue weighted by molar-refractivity contribution is 6.51. The molecule has 1 unspecified atom stereocenters. The molecule has 0 N–H and O–H groups in total. The maximum Gasteiger partial charge on any atom is 0.303 e. The molecule has 0 radical (unpaired) electrons. The summed E-state index contributed by atoms with van der Waals surface area (Å²) in [4.78, 5) is 10.7. The Morgan fingerprint density at radius 3 is 2.25 bits per heavy atom. The van der Waals surface area contributed by atoms with E-state index in [4.69, 9.17) is 27.9 Å². The summed E-state index contributed by atoms with van der Waals surface area (Å²) in [5, 5.41) is 0. The zero-order valence-electron chi connectivity index (χ0n) is 7.36. The Balaban J connectivity index is 2.56. The van der Waals surface area contributed by atoms with Gasteiger partial charge in [-0.3, -0.25) is 4.79 Å². The molecule has 0 amide bonds. The van der Waals surface area contributed by atoms with Crippen molar-refractivity contribution >= 4 is 29.2 Å². The summed E-state index contributed by atoms with van der Waals surface area (Å²) < 4.78 is 4.39. The van der Waals surface area contributed by atoms with Gasteiger partial charge < -0.3 is 4.74 Å². The fourth-order valence-electron chi connectivity index (χ4n) is 1.41. The van der Waals surface area contributed by atoms with Crippen LogP contribution in [0, 0.1) is 5.92 Å². The average Bonchev–Trinajstić information content (AvgIpc) is 2.36. The summed E-state index contributed by atoms with van der Waals surface area (Å²) in [6.07, 6.45) is 0.691. The maximum absolute atomic E-state index is 10.7. The second-order valence-electron chi connectivity index (χ2n) is 3.71. The standard InChI is InChI=1S/C8H12Cl2O2/c1-5(11)12-7(2,3)6-4-8(6,9)10/h6H,4H2,1-3H3. The van der Waals surface area contributed by atoms with Crippen LogP contribution in [0.3, 0.4) is 0 Å². The number of ether oxygens (including phenoxy) is 1. The monoisotopic (exact) mass is 210 g/mol. The first kappa shape index (κ1) is 10.1. The van der Waals surface area contributed by atoms with Crippen LogP contribution >= 0.6 is 23.2 Å². The van der Waals surface area contributed by atoms with Gasteiger partial charge in [-0.25, -0.2) is 0 Å². The lowest BCUT2D eigenvalue weighted by Gasteiger charge is -2.24. The van der Waals surface area contributed by atoms with Gasteiger partial charge in [-0.2, -0.15) is 0 Å². The predicted octanol–water partition coefficient (Wildman–Crippen LogP) is 2.52. The van der Waals surface area contributed by atoms with Crippen LogP contribution in [0.15, 0.2) is 0 Å². The van der Waals surface area contributed by atoms with E-state index in [0.717, 1.165) is 0 Å². The van der Waals surface area contributed by atoms with E-state index in [1.807, 2.05) is 13.8 Å². The van der Waals surface area contributed by atoms with Gasteiger partial charge in [0.1, 0.15) is 9.93 Å². The molecule has 1 aliphatic rings. The van der Waals surface area contributed by atoms with Crippen molar-refractivity contribution in [1.82, 2.24) is 0 Å². The van der Waals surface area contributed by atoms with Crippen molar-refractivity contribution in [2.75, 3.05) is 0 Å². The van der Waals surface area contributed by atoms with Gasteiger partial charge in [-0.05, 0) is 20.3 Å². The summed E-state index contributed by atoms with van der Waals surface area (Å²) in [5.74, 6) is -0.242. The minimum atomic E-state index is -0.695. The number of carbonyl (C=O) groups excluding carboxylic acids is 1. The van der Waals surface area contributed by atoms with Gasteiger partial charge in [0.15, 0.2) is 0 Å². The van der Waals surface area contributed by atoms with E-state index in [9.17, 15) is 4.79 Å². The summed E-state index contributed by atoms with van der Waals surface area (Å²) in [6, 6.07) is 0. The van der Waals surface area contributed by atoms with Crippen molar-refractivity contribution in [2.45, 2.75) is 37.1 Å². The molecule has 0 aromatic carbocycles. The molecule has 1 rings (SSSR count). The molecule has 0 aromatic heterocycles. The Kier molecular flexibility index (Phi) is 2.34. The zero-order chi connectivity index (χ0) is 9.57. The SMILES string of the molecule is CC(=O)OC(C)(C)C1CC1(Cl)Cl. The highest BCUT2D eigenvalue weighted by Gasteiger charge is 2.60. The number of hydrogen-bond acceptors (Lipinski definition) is 2. The van der Waals surface area contributed by atoms with Crippen molar-refractivity contribution in [3.63, 3.8) is 0 Å². The van der Waals surface area contributed by atoms with Crippen LogP contribution in [-0.2, 0) is 9.53 Å². The molecule has 0 aromatic rings. The topological polar surface area (TPSA) is 26.3 Å². The molecule has 12 heavy (non-hydrogen) atoms.